The van der Waals surface area contributed by atoms with E-state index in [0.717, 1.165) is 49.2 Å². The summed E-state index contributed by atoms with van der Waals surface area (Å²) in [4.78, 5) is 11.3. The standard InChI is InChI=1S/C16H18N2O3/c1-20-14-7-5-12(6-8-14)15-10-13(11-19)18(17-15)16-4-2-3-9-21-16/h5-8,10-11,16H,2-4,9H2,1H3. The normalized spacial score (nSPS) is 18.4. The smallest absolute Gasteiger partial charge is 0.168 e. The molecule has 1 aliphatic rings. The van der Waals surface area contributed by atoms with Crippen LogP contribution in [0.15, 0.2) is 30.3 Å². The molecule has 0 radical (unpaired) electrons. The predicted octanol–water partition coefficient (Wildman–Crippen LogP) is 3.07. The van der Waals surface area contributed by atoms with Gasteiger partial charge < -0.3 is 9.47 Å². The molecule has 0 spiro atoms. The van der Waals surface area contributed by atoms with Crippen molar-refractivity contribution in [3.63, 3.8) is 0 Å². The zero-order chi connectivity index (χ0) is 14.7. The Morgan fingerprint density at radius 1 is 1.33 bits per heavy atom. The van der Waals surface area contributed by atoms with Gasteiger partial charge in [0.1, 0.15) is 11.4 Å². The topological polar surface area (TPSA) is 53.4 Å². The van der Waals surface area contributed by atoms with Crippen molar-refractivity contribution in [2.75, 3.05) is 13.7 Å². The third kappa shape index (κ3) is 2.83. The highest BCUT2D eigenvalue weighted by Gasteiger charge is 2.20. The van der Waals surface area contributed by atoms with E-state index in [1.54, 1.807) is 17.9 Å². The summed E-state index contributed by atoms with van der Waals surface area (Å²) < 4.78 is 12.6. The van der Waals surface area contributed by atoms with Gasteiger partial charge >= 0.3 is 0 Å². The minimum Gasteiger partial charge on any atom is -0.497 e. The monoisotopic (exact) mass is 286 g/mol. The van der Waals surface area contributed by atoms with Gasteiger partial charge in [0.2, 0.25) is 0 Å². The number of hydrogen-bond acceptors (Lipinski definition) is 4. The van der Waals surface area contributed by atoms with Gasteiger partial charge in [-0.15, -0.1) is 0 Å². The Kier molecular flexibility index (Phi) is 4.01. The highest BCUT2D eigenvalue weighted by molar-refractivity contribution is 5.76. The van der Waals surface area contributed by atoms with Crippen LogP contribution in [0.4, 0.5) is 0 Å². The number of aromatic nitrogens is 2. The molecule has 1 aromatic heterocycles. The molecule has 1 fully saturated rings. The highest BCUT2D eigenvalue weighted by atomic mass is 16.5. The van der Waals surface area contributed by atoms with Crippen LogP contribution in [-0.4, -0.2) is 29.8 Å². The average molecular weight is 286 g/mol. The molecule has 0 bridgehead atoms. The quantitative estimate of drug-likeness (QED) is 0.811. The maximum absolute atomic E-state index is 11.3. The SMILES string of the molecule is COc1ccc(-c2cc(C=O)n(C3CCCCO3)n2)cc1. The number of benzene rings is 1. The molecule has 110 valence electrons. The van der Waals surface area contributed by atoms with Gasteiger partial charge in [0.05, 0.1) is 12.8 Å². The first-order valence-electron chi connectivity index (χ1n) is 7.12. The Bertz CT molecular complexity index is 613. The van der Waals surface area contributed by atoms with E-state index in [9.17, 15) is 4.79 Å². The summed E-state index contributed by atoms with van der Waals surface area (Å²) in [6, 6.07) is 9.43. The van der Waals surface area contributed by atoms with Crippen LogP contribution in [-0.2, 0) is 4.74 Å². The summed E-state index contributed by atoms with van der Waals surface area (Å²) in [5.41, 5.74) is 2.27. The molecule has 1 unspecified atom stereocenters. The van der Waals surface area contributed by atoms with Gasteiger partial charge in [0.25, 0.3) is 0 Å². The van der Waals surface area contributed by atoms with Crippen LogP contribution in [0.3, 0.4) is 0 Å². The van der Waals surface area contributed by atoms with Crippen molar-refractivity contribution in [1.29, 1.82) is 0 Å². The summed E-state index contributed by atoms with van der Waals surface area (Å²) in [5.74, 6) is 0.796. The molecule has 1 aliphatic heterocycles. The molecule has 2 heterocycles. The molecule has 1 aromatic carbocycles. The number of ether oxygens (including phenoxy) is 2. The number of methoxy groups -OCH3 is 1. The molecule has 2 aromatic rings. The predicted molar refractivity (Wildman–Crippen MR) is 78.4 cm³/mol. The number of nitrogens with zero attached hydrogens (tertiary/aromatic N) is 2. The van der Waals surface area contributed by atoms with E-state index in [0.29, 0.717) is 5.69 Å². The van der Waals surface area contributed by atoms with Gasteiger partial charge in [-0.25, -0.2) is 4.68 Å². The fourth-order valence-electron chi connectivity index (χ4n) is 2.55. The van der Waals surface area contributed by atoms with Crippen LogP contribution in [0.5, 0.6) is 5.75 Å². The molecule has 0 saturated carbocycles. The lowest BCUT2D eigenvalue weighted by atomic mass is 10.1. The van der Waals surface area contributed by atoms with Crippen molar-refractivity contribution >= 4 is 6.29 Å². The second kappa shape index (κ2) is 6.10. The molecule has 21 heavy (non-hydrogen) atoms. The third-order valence-corrected chi connectivity index (χ3v) is 3.70. The van der Waals surface area contributed by atoms with Crippen molar-refractivity contribution < 1.29 is 14.3 Å². The first-order chi connectivity index (χ1) is 10.3. The summed E-state index contributed by atoms with van der Waals surface area (Å²) in [6.45, 7) is 0.723. The number of carbonyl (C=O) groups is 1. The first kappa shape index (κ1) is 13.8. The first-order valence-corrected chi connectivity index (χ1v) is 7.12. The Morgan fingerprint density at radius 2 is 2.14 bits per heavy atom. The third-order valence-electron chi connectivity index (χ3n) is 3.70. The van der Waals surface area contributed by atoms with Crippen LogP contribution in [0.1, 0.15) is 36.0 Å². The average Bonchev–Trinajstić information content (AvgIpc) is 3.00. The van der Waals surface area contributed by atoms with Crippen LogP contribution < -0.4 is 4.74 Å². The Morgan fingerprint density at radius 3 is 2.76 bits per heavy atom. The van der Waals surface area contributed by atoms with E-state index in [-0.39, 0.29) is 6.23 Å². The zero-order valence-corrected chi connectivity index (χ0v) is 12.0. The fraction of sp³-hybridized carbons (Fsp3) is 0.375. The highest BCUT2D eigenvalue weighted by Crippen LogP contribution is 2.27. The van der Waals surface area contributed by atoms with Crippen molar-refractivity contribution in [3.8, 4) is 17.0 Å². The van der Waals surface area contributed by atoms with Crippen LogP contribution in [0.25, 0.3) is 11.3 Å². The summed E-state index contributed by atoms with van der Waals surface area (Å²) in [6.07, 6.45) is 3.76. The van der Waals surface area contributed by atoms with Gasteiger partial charge in [-0.2, -0.15) is 5.10 Å². The number of hydrogen-bond donors (Lipinski definition) is 0. The molecular formula is C16H18N2O3. The summed E-state index contributed by atoms with van der Waals surface area (Å²) >= 11 is 0. The molecule has 5 nitrogen and oxygen atoms in total. The maximum atomic E-state index is 11.3. The lowest BCUT2D eigenvalue weighted by Crippen LogP contribution is -2.20. The summed E-state index contributed by atoms with van der Waals surface area (Å²) in [7, 11) is 1.63. The number of rotatable bonds is 4. The Balaban J connectivity index is 1.92. The van der Waals surface area contributed by atoms with E-state index < -0.39 is 0 Å². The second-order valence-electron chi connectivity index (χ2n) is 5.07. The number of aldehydes is 1. The molecule has 1 atom stereocenters. The molecule has 0 N–H and O–H groups in total. The molecule has 0 aliphatic carbocycles. The molecule has 0 amide bonds. The van der Waals surface area contributed by atoms with Crippen LogP contribution in [0.2, 0.25) is 0 Å². The fourth-order valence-corrected chi connectivity index (χ4v) is 2.55. The molecule has 1 saturated heterocycles. The largest absolute Gasteiger partial charge is 0.497 e. The van der Waals surface area contributed by atoms with E-state index in [4.69, 9.17) is 9.47 Å². The number of carbonyl (C=O) groups excluding carboxylic acids is 1. The van der Waals surface area contributed by atoms with Crippen molar-refractivity contribution in [2.24, 2.45) is 0 Å². The minimum absolute atomic E-state index is 0.133. The zero-order valence-electron chi connectivity index (χ0n) is 12.0. The van der Waals surface area contributed by atoms with Gasteiger partial charge in [0, 0.05) is 12.2 Å². The van der Waals surface area contributed by atoms with Crippen LogP contribution in [0, 0.1) is 0 Å². The lowest BCUT2D eigenvalue weighted by Gasteiger charge is -2.23. The van der Waals surface area contributed by atoms with Crippen LogP contribution >= 0.6 is 0 Å². The van der Waals surface area contributed by atoms with Crippen molar-refractivity contribution in [2.45, 2.75) is 25.5 Å². The summed E-state index contributed by atoms with van der Waals surface area (Å²) in [5, 5.41) is 4.55. The molecule has 5 heteroatoms. The van der Waals surface area contributed by atoms with E-state index in [1.165, 1.54) is 0 Å². The van der Waals surface area contributed by atoms with Gasteiger partial charge in [-0.05, 0) is 49.6 Å². The van der Waals surface area contributed by atoms with E-state index >= 15 is 0 Å². The van der Waals surface area contributed by atoms with Gasteiger partial charge in [-0.3, -0.25) is 4.79 Å². The minimum atomic E-state index is -0.133. The van der Waals surface area contributed by atoms with E-state index in [1.807, 2.05) is 24.3 Å². The van der Waals surface area contributed by atoms with Crippen molar-refractivity contribution in [3.05, 3.63) is 36.0 Å². The van der Waals surface area contributed by atoms with Gasteiger partial charge in [0.15, 0.2) is 12.5 Å². The molecular weight excluding hydrogens is 268 g/mol. The second-order valence-corrected chi connectivity index (χ2v) is 5.07. The lowest BCUT2D eigenvalue weighted by molar-refractivity contribution is -0.0401. The Labute approximate surface area is 123 Å². The Hall–Kier alpha value is -2.14. The van der Waals surface area contributed by atoms with Gasteiger partial charge in [-0.1, -0.05) is 0 Å². The molecule has 3 rings (SSSR count). The van der Waals surface area contributed by atoms with Crippen molar-refractivity contribution in [1.82, 2.24) is 9.78 Å². The van der Waals surface area contributed by atoms with E-state index in [2.05, 4.69) is 5.10 Å². The maximum Gasteiger partial charge on any atom is 0.168 e.